The second kappa shape index (κ2) is 9.22. The summed E-state index contributed by atoms with van der Waals surface area (Å²) in [5.41, 5.74) is 1.03. The lowest BCUT2D eigenvalue weighted by Gasteiger charge is -2.39. The third kappa shape index (κ3) is 5.01. The predicted molar refractivity (Wildman–Crippen MR) is 104 cm³/mol. The van der Waals surface area contributed by atoms with Gasteiger partial charge in [0.15, 0.2) is 0 Å². The van der Waals surface area contributed by atoms with Crippen molar-refractivity contribution in [1.29, 1.82) is 0 Å². The monoisotopic (exact) mass is 373 g/mol. The standard InChI is InChI=1S/C21H31N3O3/c1-17(2)16-27-21(26)24-14-12-22(13-15-24)19(18-8-4-3-5-9-18)20(25)23-10-6-7-11-23/h3-5,8-9,17,19H,6-7,10-16H2,1-2H3. The summed E-state index contributed by atoms with van der Waals surface area (Å²) < 4.78 is 5.35. The molecule has 1 atom stereocenters. The highest BCUT2D eigenvalue weighted by Crippen LogP contribution is 2.26. The van der Waals surface area contributed by atoms with Gasteiger partial charge in [-0.3, -0.25) is 9.69 Å². The van der Waals surface area contributed by atoms with E-state index in [-0.39, 0.29) is 18.0 Å². The minimum atomic E-state index is -0.266. The van der Waals surface area contributed by atoms with Crippen molar-refractivity contribution in [3.63, 3.8) is 0 Å². The van der Waals surface area contributed by atoms with E-state index in [2.05, 4.69) is 4.90 Å². The Morgan fingerprint density at radius 3 is 2.15 bits per heavy atom. The molecule has 148 valence electrons. The lowest BCUT2D eigenvalue weighted by molar-refractivity contribution is -0.137. The van der Waals surface area contributed by atoms with Crippen LogP contribution >= 0.6 is 0 Å². The maximum atomic E-state index is 13.2. The molecule has 2 amide bonds. The van der Waals surface area contributed by atoms with E-state index >= 15 is 0 Å². The van der Waals surface area contributed by atoms with Gasteiger partial charge in [-0.1, -0.05) is 44.2 Å². The summed E-state index contributed by atoms with van der Waals surface area (Å²) in [6, 6.07) is 9.74. The summed E-state index contributed by atoms with van der Waals surface area (Å²) in [5, 5.41) is 0. The van der Waals surface area contributed by atoms with Gasteiger partial charge in [0.1, 0.15) is 6.04 Å². The Bertz CT molecular complexity index is 621. The number of benzene rings is 1. The molecule has 0 bridgehead atoms. The number of amides is 2. The van der Waals surface area contributed by atoms with Crippen molar-refractivity contribution in [2.24, 2.45) is 5.92 Å². The summed E-state index contributed by atoms with van der Waals surface area (Å²) in [6.45, 7) is 8.73. The van der Waals surface area contributed by atoms with E-state index in [1.807, 2.05) is 49.1 Å². The number of nitrogens with zero attached hydrogens (tertiary/aromatic N) is 3. The minimum absolute atomic E-state index is 0.189. The lowest BCUT2D eigenvalue weighted by Crippen LogP contribution is -2.52. The van der Waals surface area contributed by atoms with Gasteiger partial charge >= 0.3 is 6.09 Å². The summed E-state index contributed by atoms with van der Waals surface area (Å²) in [5.74, 6) is 0.519. The SMILES string of the molecule is CC(C)COC(=O)N1CCN(C(C(=O)N2CCCC2)c2ccccc2)CC1. The Balaban J connectivity index is 1.66. The molecule has 0 aromatic heterocycles. The summed E-state index contributed by atoms with van der Waals surface area (Å²) >= 11 is 0. The fraction of sp³-hybridized carbons (Fsp3) is 0.619. The molecule has 2 fully saturated rings. The molecule has 6 nitrogen and oxygen atoms in total. The molecular weight excluding hydrogens is 342 g/mol. The second-order valence-corrected chi connectivity index (χ2v) is 7.84. The summed E-state index contributed by atoms with van der Waals surface area (Å²) in [7, 11) is 0. The number of ether oxygens (including phenoxy) is 1. The molecule has 2 aliphatic rings. The maximum absolute atomic E-state index is 13.2. The fourth-order valence-corrected chi connectivity index (χ4v) is 3.75. The zero-order chi connectivity index (χ0) is 19.2. The molecule has 2 heterocycles. The van der Waals surface area contributed by atoms with Gasteiger partial charge in [-0.25, -0.2) is 4.79 Å². The van der Waals surface area contributed by atoms with Crippen LogP contribution in [0.1, 0.15) is 38.3 Å². The molecule has 3 rings (SSSR count). The van der Waals surface area contributed by atoms with Crippen LogP contribution in [0.2, 0.25) is 0 Å². The number of carbonyl (C=O) groups excluding carboxylic acids is 2. The van der Waals surface area contributed by atoms with Crippen LogP contribution in [0.4, 0.5) is 4.79 Å². The third-order valence-electron chi connectivity index (χ3n) is 5.24. The smallest absolute Gasteiger partial charge is 0.409 e. The summed E-state index contributed by atoms with van der Waals surface area (Å²) in [6.07, 6.45) is 1.93. The molecule has 0 spiro atoms. The zero-order valence-corrected chi connectivity index (χ0v) is 16.5. The number of hydrogen-bond donors (Lipinski definition) is 0. The molecule has 1 unspecified atom stereocenters. The van der Waals surface area contributed by atoms with E-state index in [1.165, 1.54) is 0 Å². The van der Waals surface area contributed by atoms with E-state index in [9.17, 15) is 9.59 Å². The number of hydrogen-bond acceptors (Lipinski definition) is 4. The molecule has 6 heteroatoms. The lowest BCUT2D eigenvalue weighted by atomic mass is 10.0. The first-order chi connectivity index (χ1) is 13.1. The van der Waals surface area contributed by atoms with Crippen LogP contribution in [0.25, 0.3) is 0 Å². The van der Waals surface area contributed by atoms with Gasteiger partial charge in [-0.2, -0.15) is 0 Å². The number of carbonyl (C=O) groups is 2. The van der Waals surface area contributed by atoms with Crippen molar-refractivity contribution in [2.45, 2.75) is 32.7 Å². The van der Waals surface area contributed by atoms with E-state index in [1.54, 1.807) is 4.90 Å². The third-order valence-corrected chi connectivity index (χ3v) is 5.24. The van der Waals surface area contributed by atoms with Crippen molar-refractivity contribution in [1.82, 2.24) is 14.7 Å². The molecule has 1 aromatic rings. The molecule has 1 aromatic carbocycles. The van der Waals surface area contributed by atoms with Crippen molar-refractivity contribution in [2.75, 3.05) is 45.9 Å². The van der Waals surface area contributed by atoms with Gasteiger partial charge in [0.25, 0.3) is 0 Å². The van der Waals surface area contributed by atoms with Gasteiger partial charge in [0.2, 0.25) is 5.91 Å². The second-order valence-electron chi connectivity index (χ2n) is 7.84. The van der Waals surface area contributed by atoms with Crippen molar-refractivity contribution < 1.29 is 14.3 Å². The molecule has 0 saturated carbocycles. The van der Waals surface area contributed by atoms with E-state index in [4.69, 9.17) is 4.74 Å². The van der Waals surface area contributed by atoms with Crippen LogP contribution in [0.3, 0.4) is 0 Å². The number of rotatable bonds is 5. The van der Waals surface area contributed by atoms with E-state index < -0.39 is 0 Å². The quantitative estimate of drug-likeness (QED) is 0.796. The van der Waals surface area contributed by atoms with Crippen molar-refractivity contribution in [3.05, 3.63) is 35.9 Å². The molecule has 0 radical (unpaired) electrons. The van der Waals surface area contributed by atoms with Crippen LogP contribution in [-0.2, 0) is 9.53 Å². The van der Waals surface area contributed by atoms with Crippen LogP contribution in [0, 0.1) is 5.92 Å². The molecule has 27 heavy (non-hydrogen) atoms. The molecule has 0 N–H and O–H groups in total. The molecule has 0 aliphatic carbocycles. The van der Waals surface area contributed by atoms with E-state index in [0.29, 0.717) is 38.7 Å². The Labute approximate surface area is 162 Å². The fourth-order valence-electron chi connectivity index (χ4n) is 3.75. The highest BCUT2D eigenvalue weighted by Gasteiger charge is 2.35. The maximum Gasteiger partial charge on any atom is 0.409 e. The first kappa shape index (κ1) is 19.7. The van der Waals surface area contributed by atoms with Crippen LogP contribution in [-0.4, -0.2) is 72.6 Å². The van der Waals surface area contributed by atoms with Crippen LogP contribution in [0.5, 0.6) is 0 Å². The van der Waals surface area contributed by atoms with Gasteiger partial charge in [-0.05, 0) is 24.3 Å². The van der Waals surface area contributed by atoms with Gasteiger partial charge < -0.3 is 14.5 Å². The molecular formula is C21H31N3O3. The van der Waals surface area contributed by atoms with Gasteiger partial charge in [0, 0.05) is 39.3 Å². The largest absolute Gasteiger partial charge is 0.449 e. The Hall–Kier alpha value is -2.08. The Morgan fingerprint density at radius 2 is 1.56 bits per heavy atom. The Kier molecular flexibility index (Phi) is 6.72. The predicted octanol–water partition coefficient (Wildman–Crippen LogP) is 2.76. The summed E-state index contributed by atoms with van der Waals surface area (Å²) in [4.78, 5) is 31.4. The highest BCUT2D eigenvalue weighted by molar-refractivity contribution is 5.83. The minimum Gasteiger partial charge on any atom is -0.449 e. The first-order valence-electron chi connectivity index (χ1n) is 10.1. The number of piperazine rings is 1. The number of likely N-dealkylation sites (tertiary alicyclic amines) is 1. The molecule has 2 saturated heterocycles. The first-order valence-corrected chi connectivity index (χ1v) is 10.1. The average molecular weight is 373 g/mol. The topological polar surface area (TPSA) is 53.1 Å². The Morgan fingerprint density at radius 1 is 0.926 bits per heavy atom. The average Bonchev–Trinajstić information content (AvgIpc) is 3.22. The van der Waals surface area contributed by atoms with Crippen molar-refractivity contribution >= 4 is 12.0 Å². The van der Waals surface area contributed by atoms with Gasteiger partial charge in [0.05, 0.1) is 6.61 Å². The molecule has 2 aliphatic heterocycles. The highest BCUT2D eigenvalue weighted by atomic mass is 16.6. The van der Waals surface area contributed by atoms with Crippen LogP contribution in [0.15, 0.2) is 30.3 Å². The van der Waals surface area contributed by atoms with Gasteiger partial charge in [-0.15, -0.1) is 0 Å². The van der Waals surface area contributed by atoms with E-state index in [0.717, 1.165) is 31.5 Å². The zero-order valence-electron chi connectivity index (χ0n) is 16.5. The normalized spacial score (nSPS) is 19.4. The van der Waals surface area contributed by atoms with Crippen molar-refractivity contribution in [3.8, 4) is 0 Å². The van der Waals surface area contributed by atoms with Crippen LogP contribution < -0.4 is 0 Å².